The molecule has 5 heteroatoms. The van der Waals surface area contributed by atoms with Gasteiger partial charge in [0.15, 0.2) is 0 Å². The number of amides is 1. The van der Waals surface area contributed by atoms with E-state index in [-0.39, 0.29) is 23.1 Å². The highest BCUT2D eigenvalue weighted by molar-refractivity contribution is 5.97. The molecule has 1 fully saturated rings. The zero-order valence-electron chi connectivity index (χ0n) is 13.9. The van der Waals surface area contributed by atoms with E-state index in [1.807, 2.05) is 36.4 Å². The molecule has 0 aliphatic carbocycles. The van der Waals surface area contributed by atoms with Crippen molar-refractivity contribution in [3.8, 4) is 5.75 Å². The van der Waals surface area contributed by atoms with Crippen molar-refractivity contribution in [2.75, 3.05) is 13.1 Å². The van der Waals surface area contributed by atoms with Crippen LogP contribution in [0.2, 0.25) is 0 Å². The molecule has 0 spiro atoms. The predicted molar refractivity (Wildman–Crippen MR) is 93.6 cm³/mol. The molecule has 1 aliphatic rings. The molecule has 0 atom stereocenters. The predicted octanol–water partition coefficient (Wildman–Crippen LogP) is 2.92. The lowest BCUT2D eigenvalue weighted by molar-refractivity contribution is -0.143. The molecule has 0 radical (unpaired) electrons. The fraction of sp³-hybridized carbons (Fsp3) is 0.300. The van der Waals surface area contributed by atoms with Crippen molar-refractivity contribution in [3.63, 3.8) is 0 Å². The van der Waals surface area contributed by atoms with Crippen LogP contribution in [0.3, 0.4) is 0 Å². The quantitative estimate of drug-likeness (QED) is 0.898. The molecule has 2 aromatic carbocycles. The lowest BCUT2D eigenvalue weighted by atomic mass is 9.96. The third kappa shape index (κ3) is 3.99. The molecular formula is C20H21NO4. The fourth-order valence-electron chi connectivity index (χ4n) is 3.20. The number of carbonyl (C=O) groups is 2. The van der Waals surface area contributed by atoms with Gasteiger partial charge in [-0.15, -0.1) is 0 Å². The summed E-state index contributed by atoms with van der Waals surface area (Å²) in [6.07, 6.45) is 1.58. The van der Waals surface area contributed by atoms with Gasteiger partial charge in [0, 0.05) is 13.1 Å². The molecule has 0 bridgehead atoms. The highest BCUT2D eigenvalue weighted by Crippen LogP contribution is 2.25. The maximum atomic E-state index is 12.7. The molecule has 25 heavy (non-hydrogen) atoms. The van der Waals surface area contributed by atoms with Crippen LogP contribution in [-0.4, -0.2) is 40.1 Å². The van der Waals surface area contributed by atoms with Crippen LogP contribution < -0.4 is 0 Å². The molecule has 0 saturated carbocycles. The Balaban J connectivity index is 1.74. The minimum atomic E-state index is -0.806. The first-order valence-corrected chi connectivity index (χ1v) is 8.42. The van der Waals surface area contributed by atoms with Gasteiger partial charge in [-0.2, -0.15) is 0 Å². The summed E-state index contributed by atoms with van der Waals surface area (Å²) in [5.74, 6) is -1.47. The van der Waals surface area contributed by atoms with Gasteiger partial charge in [0.05, 0.1) is 11.5 Å². The molecule has 1 saturated heterocycles. The molecule has 2 N–H and O–H groups in total. The van der Waals surface area contributed by atoms with E-state index >= 15 is 0 Å². The summed E-state index contributed by atoms with van der Waals surface area (Å²) in [7, 11) is 0. The summed E-state index contributed by atoms with van der Waals surface area (Å²) in [6, 6.07) is 15.0. The van der Waals surface area contributed by atoms with E-state index in [9.17, 15) is 14.7 Å². The third-order valence-electron chi connectivity index (χ3n) is 4.67. The van der Waals surface area contributed by atoms with E-state index in [0.29, 0.717) is 32.4 Å². The van der Waals surface area contributed by atoms with Crippen LogP contribution in [-0.2, 0) is 11.2 Å². The zero-order chi connectivity index (χ0) is 17.8. The lowest BCUT2D eigenvalue weighted by Crippen LogP contribution is -2.40. The Morgan fingerprint density at radius 3 is 2.32 bits per heavy atom. The average molecular weight is 339 g/mol. The first kappa shape index (κ1) is 17.0. The van der Waals surface area contributed by atoms with Gasteiger partial charge in [-0.3, -0.25) is 9.59 Å². The standard InChI is InChI=1S/C20H21NO4/c22-18-7-6-15(12-14-4-2-1-3-5-14)13-17(18)19(23)21-10-8-16(9-11-21)20(24)25/h1-7,13,16,22H,8-12H2,(H,24,25). The first-order valence-electron chi connectivity index (χ1n) is 8.42. The second-order valence-corrected chi connectivity index (χ2v) is 6.42. The molecule has 2 aromatic rings. The van der Waals surface area contributed by atoms with E-state index in [4.69, 9.17) is 5.11 Å². The maximum absolute atomic E-state index is 12.7. The summed E-state index contributed by atoms with van der Waals surface area (Å²) in [4.78, 5) is 25.4. The Labute approximate surface area is 146 Å². The van der Waals surface area contributed by atoms with Gasteiger partial charge in [-0.05, 0) is 42.5 Å². The number of rotatable bonds is 4. The topological polar surface area (TPSA) is 77.8 Å². The second-order valence-electron chi connectivity index (χ2n) is 6.42. The monoisotopic (exact) mass is 339 g/mol. The fourth-order valence-corrected chi connectivity index (χ4v) is 3.20. The Kier molecular flexibility index (Phi) is 5.03. The largest absolute Gasteiger partial charge is 0.507 e. The maximum Gasteiger partial charge on any atom is 0.306 e. The van der Waals surface area contributed by atoms with Crippen LogP contribution in [0.25, 0.3) is 0 Å². The molecule has 3 rings (SSSR count). The Hall–Kier alpha value is -2.82. The van der Waals surface area contributed by atoms with Crippen LogP contribution in [0.4, 0.5) is 0 Å². The van der Waals surface area contributed by atoms with Crippen molar-refractivity contribution >= 4 is 11.9 Å². The summed E-state index contributed by atoms with van der Waals surface area (Å²) < 4.78 is 0. The molecule has 0 unspecified atom stereocenters. The molecule has 5 nitrogen and oxygen atoms in total. The molecule has 1 amide bonds. The summed E-state index contributed by atoms with van der Waals surface area (Å²) >= 11 is 0. The van der Waals surface area contributed by atoms with Crippen molar-refractivity contribution in [1.29, 1.82) is 0 Å². The number of piperidine rings is 1. The number of hydrogen-bond donors (Lipinski definition) is 2. The summed E-state index contributed by atoms with van der Waals surface area (Å²) in [6.45, 7) is 0.802. The minimum Gasteiger partial charge on any atom is -0.507 e. The lowest BCUT2D eigenvalue weighted by Gasteiger charge is -2.30. The number of phenolic OH excluding ortho intramolecular Hbond substituents is 1. The van der Waals surface area contributed by atoms with Crippen LogP contribution in [0.5, 0.6) is 5.75 Å². The Morgan fingerprint density at radius 1 is 1.00 bits per heavy atom. The van der Waals surface area contributed by atoms with Crippen LogP contribution in [0, 0.1) is 5.92 Å². The van der Waals surface area contributed by atoms with Crippen molar-refractivity contribution in [1.82, 2.24) is 4.90 Å². The number of carboxylic acids is 1. The SMILES string of the molecule is O=C(O)C1CCN(C(=O)c2cc(Cc3ccccc3)ccc2O)CC1. The van der Waals surface area contributed by atoms with Crippen molar-refractivity contribution in [3.05, 3.63) is 65.2 Å². The van der Waals surface area contributed by atoms with Crippen LogP contribution in [0.15, 0.2) is 48.5 Å². The van der Waals surface area contributed by atoms with E-state index < -0.39 is 5.97 Å². The summed E-state index contributed by atoms with van der Waals surface area (Å²) in [5, 5.41) is 19.2. The number of nitrogens with zero attached hydrogens (tertiary/aromatic N) is 1. The highest BCUT2D eigenvalue weighted by atomic mass is 16.4. The number of phenols is 1. The second kappa shape index (κ2) is 7.38. The van der Waals surface area contributed by atoms with Gasteiger partial charge in [-0.1, -0.05) is 36.4 Å². The van der Waals surface area contributed by atoms with Gasteiger partial charge >= 0.3 is 5.97 Å². The molecule has 130 valence electrons. The number of benzene rings is 2. The minimum absolute atomic E-state index is 0.0397. The number of hydrogen-bond acceptors (Lipinski definition) is 3. The highest BCUT2D eigenvalue weighted by Gasteiger charge is 2.28. The van der Waals surface area contributed by atoms with Gasteiger partial charge in [0.25, 0.3) is 5.91 Å². The number of aromatic hydroxyl groups is 1. The number of likely N-dealkylation sites (tertiary alicyclic amines) is 1. The molecule has 0 aromatic heterocycles. The average Bonchev–Trinajstić information content (AvgIpc) is 2.63. The van der Waals surface area contributed by atoms with E-state index in [2.05, 4.69) is 0 Å². The smallest absolute Gasteiger partial charge is 0.306 e. The van der Waals surface area contributed by atoms with Crippen molar-refractivity contribution in [2.24, 2.45) is 5.92 Å². The molecular weight excluding hydrogens is 318 g/mol. The molecule has 1 aliphatic heterocycles. The van der Waals surface area contributed by atoms with E-state index in [0.717, 1.165) is 11.1 Å². The van der Waals surface area contributed by atoms with Crippen molar-refractivity contribution in [2.45, 2.75) is 19.3 Å². The van der Waals surface area contributed by atoms with Gasteiger partial charge in [0.2, 0.25) is 0 Å². The van der Waals surface area contributed by atoms with E-state index in [1.54, 1.807) is 17.0 Å². The van der Waals surface area contributed by atoms with Gasteiger partial charge < -0.3 is 15.1 Å². The first-order chi connectivity index (χ1) is 12.0. The van der Waals surface area contributed by atoms with E-state index in [1.165, 1.54) is 0 Å². The summed E-state index contributed by atoms with van der Waals surface area (Å²) in [5.41, 5.74) is 2.36. The molecule has 1 heterocycles. The van der Waals surface area contributed by atoms with Gasteiger partial charge in [-0.25, -0.2) is 0 Å². The van der Waals surface area contributed by atoms with Gasteiger partial charge in [0.1, 0.15) is 5.75 Å². The third-order valence-corrected chi connectivity index (χ3v) is 4.67. The zero-order valence-corrected chi connectivity index (χ0v) is 13.9. The normalized spacial score (nSPS) is 15.1. The van der Waals surface area contributed by atoms with Crippen LogP contribution >= 0.6 is 0 Å². The van der Waals surface area contributed by atoms with Crippen LogP contribution in [0.1, 0.15) is 34.3 Å². The number of carbonyl (C=O) groups excluding carboxylic acids is 1. The Morgan fingerprint density at radius 2 is 1.68 bits per heavy atom. The Bertz CT molecular complexity index is 765. The number of carboxylic acid groups (broad SMARTS) is 1. The van der Waals surface area contributed by atoms with Crippen molar-refractivity contribution < 1.29 is 19.8 Å². The number of aliphatic carboxylic acids is 1.